The molecule has 0 amide bonds. The van der Waals surface area contributed by atoms with Crippen LogP contribution in [0.15, 0.2) is 36.5 Å². The van der Waals surface area contributed by atoms with Crippen molar-refractivity contribution in [3.05, 3.63) is 58.2 Å². The molecule has 1 aromatic carbocycles. The van der Waals surface area contributed by atoms with E-state index < -0.39 is 4.92 Å². The van der Waals surface area contributed by atoms with Gasteiger partial charge in [-0.15, -0.1) is 0 Å². The van der Waals surface area contributed by atoms with Crippen LogP contribution in [0.3, 0.4) is 0 Å². The predicted octanol–water partition coefficient (Wildman–Crippen LogP) is 3.10. The van der Waals surface area contributed by atoms with Crippen LogP contribution in [0, 0.1) is 22.9 Å². The van der Waals surface area contributed by atoms with Crippen LogP contribution in [-0.2, 0) is 0 Å². The quantitative estimate of drug-likeness (QED) is 0.590. The molecule has 1 aromatic heterocycles. The highest BCUT2D eigenvalue weighted by molar-refractivity contribution is 5.65. The average Bonchev–Trinajstić information content (AvgIpc) is 2.29. The van der Waals surface area contributed by atoms with Gasteiger partial charge in [-0.25, -0.2) is 4.39 Å². The molecule has 0 aliphatic carbocycles. The van der Waals surface area contributed by atoms with Gasteiger partial charge >= 0.3 is 0 Å². The van der Waals surface area contributed by atoms with Gasteiger partial charge in [0.05, 0.1) is 4.92 Å². The Bertz CT molecular complexity index is 584. The van der Waals surface area contributed by atoms with Crippen LogP contribution in [0.2, 0.25) is 0 Å². The zero-order valence-electron chi connectivity index (χ0n) is 9.05. The van der Waals surface area contributed by atoms with Crippen molar-refractivity contribution in [3.63, 3.8) is 0 Å². The van der Waals surface area contributed by atoms with Gasteiger partial charge in [-0.05, 0) is 24.6 Å². The molecule has 2 aromatic rings. The van der Waals surface area contributed by atoms with Gasteiger partial charge in [0.1, 0.15) is 11.5 Å². The molecule has 0 aliphatic heterocycles. The van der Waals surface area contributed by atoms with Gasteiger partial charge in [0.15, 0.2) is 0 Å². The Balaban J connectivity index is 2.54. The standard InChI is InChI=1S/C12H9FN2O2/c1-8-12(15(16)17)6-10(7-14-8)9-3-2-4-11(13)5-9/h2-7H,1H3. The molecule has 0 bridgehead atoms. The lowest BCUT2D eigenvalue weighted by Gasteiger charge is -2.02. The van der Waals surface area contributed by atoms with Gasteiger partial charge in [-0.1, -0.05) is 12.1 Å². The normalized spacial score (nSPS) is 10.2. The minimum absolute atomic E-state index is 0.0632. The van der Waals surface area contributed by atoms with E-state index in [9.17, 15) is 14.5 Å². The lowest BCUT2D eigenvalue weighted by molar-refractivity contribution is -0.385. The summed E-state index contributed by atoms with van der Waals surface area (Å²) in [5.74, 6) is -0.384. The van der Waals surface area contributed by atoms with Crippen molar-refractivity contribution < 1.29 is 9.31 Å². The van der Waals surface area contributed by atoms with Crippen LogP contribution >= 0.6 is 0 Å². The molecular weight excluding hydrogens is 223 g/mol. The minimum Gasteiger partial charge on any atom is -0.258 e. The number of aromatic nitrogens is 1. The molecule has 2 rings (SSSR count). The van der Waals surface area contributed by atoms with Gasteiger partial charge < -0.3 is 0 Å². The molecule has 0 N–H and O–H groups in total. The van der Waals surface area contributed by atoms with Gasteiger partial charge in [-0.3, -0.25) is 15.1 Å². The number of hydrogen-bond acceptors (Lipinski definition) is 3. The van der Waals surface area contributed by atoms with E-state index in [-0.39, 0.29) is 11.5 Å². The molecule has 1 heterocycles. The van der Waals surface area contributed by atoms with Crippen molar-refractivity contribution in [2.24, 2.45) is 0 Å². The maximum Gasteiger partial charge on any atom is 0.291 e. The van der Waals surface area contributed by atoms with Crippen molar-refractivity contribution in [2.45, 2.75) is 6.92 Å². The van der Waals surface area contributed by atoms with Gasteiger partial charge in [0.25, 0.3) is 5.69 Å². The summed E-state index contributed by atoms with van der Waals surface area (Å²) in [6.07, 6.45) is 1.50. The van der Waals surface area contributed by atoms with E-state index >= 15 is 0 Å². The topological polar surface area (TPSA) is 56.0 Å². The average molecular weight is 232 g/mol. The maximum absolute atomic E-state index is 13.0. The van der Waals surface area contributed by atoms with Crippen molar-refractivity contribution in [3.8, 4) is 11.1 Å². The summed E-state index contributed by atoms with van der Waals surface area (Å²) >= 11 is 0. The first-order valence-corrected chi connectivity index (χ1v) is 4.95. The number of rotatable bonds is 2. The Kier molecular flexibility index (Phi) is 2.82. The van der Waals surface area contributed by atoms with Crippen LogP contribution in [0.1, 0.15) is 5.69 Å². The van der Waals surface area contributed by atoms with Crippen molar-refractivity contribution >= 4 is 5.69 Å². The third kappa shape index (κ3) is 2.28. The fourth-order valence-corrected chi connectivity index (χ4v) is 1.53. The first-order chi connectivity index (χ1) is 8.08. The lowest BCUT2D eigenvalue weighted by atomic mass is 10.1. The van der Waals surface area contributed by atoms with Crippen LogP contribution in [-0.4, -0.2) is 9.91 Å². The summed E-state index contributed by atoms with van der Waals surface area (Å²) in [4.78, 5) is 14.2. The summed E-state index contributed by atoms with van der Waals surface area (Å²) < 4.78 is 13.0. The molecule has 0 saturated heterocycles. The Morgan fingerprint density at radius 2 is 2.06 bits per heavy atom. The molecule has 0 aliphatic rings. The number of nitro groups is 1. The fourth-order valence-electron chi connectivity index (χ4n) is 1.53. The van der Waals surface area contributed by atoms with E-state index in [0.29, 0.717) is 16.8 Å². The summed E-state index contributed by atoms with van der Waals surface area (Å²) in [5.41, 5.74) is 1.38. The van der Waals surface area contributed by atoms with E-state index in [1.807, 2.05) is 0 Å². The Morgan fingerprint density at radius 3 is 2.71 bits per heavy atom. The molecule has 0 saturated carbocycles. The molecule has 0 fully saturated rings. The second kappa shape index (κ2) is 4.29. The molecular formula is C12H9FN2O2. The molecule has 5 heteroatoms. The van der Waals surface area contributed by atoms with E-state index in [0.717, 1.165) is 0 Å². The van der Waals surface area contributed by atoms with Crippen LogP contribution in [0.25, 0.3) is 11.1 Å². The van der Waals surface area contributed by atoms with Crippen molar-refractivity contribution in [2.75, 3.05) is 0 Å². The van der Waals surface area contributed by atoms with E-state index in [1.54, 1.807) is 19.1 Å². The highest BCUT2D eigenvalue weighted by Crippen LogP contribution is 2.25. The van der Waals surface area contributed by atoms with Crippen LogP contribution in [0.5, 0.6) is 0 Å². The summed E-state index contributed by atoms with van der Waals surface area (Å²) in [7, 11) is 0. The smallest absolute Gasteiger partial charge is 0.258 e. The third-order valence-corrected chi connectivity index (χ3v) is 2.41. The van der Waals surface area contributed by atoms with Crippen LogP contribution in [0.4, 0.5) is 10.1 Å². The van der Waals surface area contributed by atoms with E-state index in [2.05, 4.69) is 4.98 Å². The fraction of sp³-hybridized carbons (Fsp3) is 0.0833. The van der Waals surface area contributed by atoms with Gasteiger partial charge in [0, 0.05) is 17.8 Å². The van der Waals surface area contributed by atoms with E-state index in [4.69, 9.17) is 0 Å². The number of aryl methyl sites for hydroxylation is 1. The second-order valence-corrected chi connectivity index (χ2v) is 3.60. The largest absolute Gasteiger partial charge is 0.291 e. The monoisotopic (exact) mass is 232 g/mol. The van der Waals surface area contributed by atoms with Gasteiger partial charge in [0.2, 0.25) is 0 Å². The number of benzene rings is 1. The molecule has 4 nitrogen and oxygen atoms in total. The van der Waals surface area contributed by atoms with Gasteiger partial charge in [-0.2, -0.15) is 0 Å². The number of nitrogens with zero attached hydrogens (tertiary/aromatic N) is 2. The Hall–Kier alpha value is -2.30. The minimum atomic E-state index is -0.495. The number of pyridine rings is 1. The highest BCUT2D eigenvalue weighted by Gasteiger charge is 2.13. The molecule has 86 valence electrons. The lowest BCUT2D eigenvalue weighted by Crippen LogP contribution is -1.95. The summed E-state index contributed by atoms with van der Waals surface area (Å²) in [6.45, 7) is 1.56. The first kappa shape index (κ1) is 11.2. The summed E-state index contributed by atoms with van der Waals surface area (Å²) in [5, 5.41) is 10.8. The molecule has 0 spiro atoms. The number of halogens is 1. The molecule has 0 radical (unpaired) electrons. The van der Waals surface area contributed by atoms with Crippen molar-refractivity contribution in [1.29, 1.82) is 0 Å². The first-order valence-electron chi connectivity index (χ1n) is 4.95. The maximum atomic E-state index is 13.0. The van der Waals surface area contributed by atoms with Crippen molar-refractivity contribution in [1.82, 2.24) is 4.98 Å². The molecule has 0 atom stereocenters. The SMILES string of the molecule is Cc1ncc(-c2cccc(F)c2)cc1[N+](=O)[O-]. The van der Waals surface area contributed by atoms with Crippen LogP contribution < -0.4 is 0 Å². The zero-order chi connectivity index (χ0) is 12.4. The zero-order valence-corrected chi connectivity index (χ0v) is 9.05. The predicted molar refractivity (Wildman–Crippen MR) is 61.0 cm³/mol. The second-order valence-electron chi connectivity index (χ2n) is 3.60. The number of hydrogen-bond donors (Lipinski definition) is 0. The third-order valence-electron chi connectivity index (χ3n) is 2.41. The highest BCUT2D eigenvalue weighted by atomic mass is 19.1. The Labute approximate surface area is 96.9 Å². The summed E-state index contributed by atoms with van der Waals surface area (Å²) in [6, 6.07) is 7.27. The molecule has 17 heavy (non-hydrogen) atoms. The Morgan fingerprint density at radius 1 is 1.29 bits per heavy atom. The van der Waals surface area contributed by atoms with E-state index in [1.165, 1.54) is 24.4 Å². The molecule has 0 unspecified atom stereocenters.